The molecule has 0 spiro atoms. The summed E-state index contributed by atoms with van der Waals surface area (Å²) < 4.78 is 15.9. The molecular weight excluding hydrogens is 332 g/mol. The van der Waals surface area contributed by atoms with Crippen molar-refractivity contribution in [3.8, 4) is 17.2 Å². The lowest BCUT2D eigenvalue weighted by Crippen LogP contribution is -2.32. The summed E-state index contributed by atoms with van der Waals surface area (Å²) >= 11 is 1.62. The molecule has 4 rings (SSSR count). The Morgan fingerprint density at radius 1 is 1.04 bits per heavy atom. The molecule has 4 nitrogen and oxygen atoms in total. The van der Waals surface area contributed by atoms with E-state index >= 15 is 0 Å². The highest BCUT2D eigenvalue weighted by molar-refractivity contribution is 7.98. The zero-order chi connectivity index (χ0) is 17.1. The Labute approximate surface area is 151 Å². The second-order valence-corrected chi connectivity index (χ2v) is 6.49. The van der Waals surface area contributed by atoms with Gasteiger partial charge in [-0.1, -0.05) is 24.3 Å². The van der Waals surface area contributed by atoms with Crippen LogP contribution in [0.15, 0.2) is 71.3 Å². The van der Waals surface area contributed by atoms with Crippen molar-refractivity contribution in [1.29, 1.82) is 0 Å². The molecule has 2 aliphatic heterocycles. The highest BCUT2D eigenvalue weighted by Gasteiger charge is 2.21. The van der Waals surface area contributed by atoms with E-state index in [-0.39, 0.29) is 0 Å². The maximum Gasteiger partial charge on any atom is 0.169 e. The molecular formula is C20H18N2O2S. The van der Waals surface area contributed by atoms with Gasteiger partial charge in [0.1, 0.15) is 11.6 Å². The Hall–Kier alpha value is -2.66. The number of para-hydroxylation sites is 2. The molecule has 0 atom stereocenters. The van der Waals surface area contributed by atoms with Crippen molar-refractivity contribution in [3.63, 3.8) is 0 Å². The minimum atomic E-state index is 0.705. The van der Waals surface area contributed by atoms with Gasteiger partial charge < -0.3 is 14.4 Å². The van der Waals surface area contributed by atoms with E-state index in [1.807, 2.05) is 36.4 Å². The van der Waals surface area contributed by atoms with Crippen LogP contribution in [-0.2, 0) is 0 Å². The maximum absolute atomic E-state index is 5.95. The average molecular weight is 350 g/mol. The largest absolute Gasteiger partial charge is 0.493 e. The number of allylic oxidation sites excluding steroid dienone is 2. The fourth-order valence-electron chi connectivity index (χ4n) is 2.83. The van der Waals surface area contributed by atoms with Gasteiger partial charge in [0, 0.05) is 24.1 Å². The van der Waals surface area contributed by atoms with E-state index in [1.54, 1.807) is 19.1 Å². The summed E-state index contributed by atoms with van der Waals surface area (Å²) in [5, 5.41) is 0. The van der Waals surface area contributed by atoms with E-state index < -0.39 is 0 Å². The lowest BCUT2D eigenvalue weighted by Gasteiger charge is -2.29. The summed E-state index contributed by atoms with van der Waals surface area (Å²) in [6, 6.07) is 15.7. The molecule has 0 saturated heterocycles. The van der Waals surface area contributed by atoms with Crippen LogP contribution in [0, 0.1) is 0 Å². The fourth-order valence-corrected chi connectivity index (χ4v) is 3.52. The Balaban J connectivity index is 1.57. The molecule has 0 amide bonds. The number of rotatable bonds is 4. The lowest BCUT2D eigenvalue weighted by molar-refractivity contribution is 0.379. The van der Waals surface area contributed by atoms with Crippen molar-refractivity contribution in [1.82, 2.24) is 4.90 Å². The SMILES string of the molecule is COc1ccccc1Oc1ccc(C2=CC=CN3CCSN=C23)cc1. The third kappa shape index (κ3) is 3.28. The van der Waals surface area contributed by atoms with Crippen LogP contribution in [-0.4, -0.2) is 30.1 Å². The molecule has 5 heteroatoms. The van der Waals surface area contributed by atoms with Crippen LogP contribution < -0.4 is 9.47 Å². The van der Waals surface area contributed by atoms with Gasteiger partial charge in [0.2, 0.25) is 0 Å². The number of nitrogens with zero attached hydrogens (tertiary/aromatic N) is 2. The molecule has 2 aromatic carbocycles. The van der Waals surface area contributed by atoms with E-state index in [0.717, 1.165) is 40.8 Å². The second kappa shape index (κ2) is 7.07. The summed E-state index contributed by atoms with van der Waals surface area (Å²) in [5.74, 6) is 4.24. The molecule has 2 heterocycles. The van der Waals surface area contributed by atoms with Crippen LogP contribution in [0.5, 0.6) is 17.2 Å². The monoisotopic (exact) mass is 350 g/mol. The molecule has 0 radical (unpaired) electrons. The molecule has 0 saturated carbocycles. The van der Waals surface area contributed by atoms with Gasteiger partial charge in [-0.25, -0.2) is 0 Å². The van der Waals surface area contributed by atoms with Crippen LogP contribution in [0.1, 0.15) is 5.56 Å². The molecule has 0 fully saturated rings. The van der Waals surface area contributed by atoms with Crippen LogP contribution in [0.2, 0.25) is 0 Å². The number of hydrogen-bond acceptors (Lipinski definition) is 5. The highest BCUT2D eigenvalue weighted by atomic mass is 32.2. The minimum absolute atomic E-state index is 0.705. The van der Waals surface area contributed by atoms with Crippen LogP contribution in [0.4, 0.5) is 0 Å². The van der Waals surface area contributed by atoms with E-state index in [9.17, 15) is 0 Å². The van der Waals surface area contributed by atoms with Crippen molar-refractivity contribution in [3.05, 3.63) is 72.4 Å². The van der Waals surface area contributed by atoms with E-state index in [4.69, 9.17) is 9.47 Å². The summed E-state index contributed by atoms with van der Waals surface area (Å²) in [6.45, 7) is 0.992. The van der Waals surface area contributed by atoms with Gasteiger partial charge in [0.25, 0.3) is 0 Å². The van der Waals surface area contributed by atoms with Crippen molar-refractivity contribution in [2.45, 2.75) is 0 Å². The molecule has 2 aliphatic rings. The Bertz CT molecular complexity index is 856. The first kappa shape index (κ1) is 15.8. The molecule has 126 valence electrons. The normalized spacial score (nSPS) is 16.0. The number of amidine groups is 1. The van der Waals surface area contributed by atoms with Crippen molar-refractivity contribution >= 4 is 23.4 Å². The van der Waals surface area contributed by atoms with Crippen LogP contribution in [0.3, 0.4) is 0 Å². The highest BCUT2D eigenvalue weighted by Crippen LogP contribution is 2.32. The maximum atomic E-state index is 5.95. The van der Waals surface area contributed by atoms with Gasteiger partial charge in [0.05, 0.1) is 7.11 Å². The molecule has 0 N–H and O–H groups in total. The van der Waals surface area contributed by atoms with E-state index in [0.29, 0.717) is 5.75 Å². The topological polar surface area (TPSA) is 34.1 Å². The van der Waals surface area contributed by atoms with E-state index in [1.165, 1.54) is 0 Å². The Kier molecular flexibility index (Phi) is 4.48. The van der Waals surface area contributed by atoms with Crippen molar-refractivity contribution in [2.75, 3.05) is 19.4 Å². The zero-order valence-electron chi connectivity index (χ0n) is 13.9. The standard InChI is InChI=1S/C20H18N2O2S/c1-23-18-6-2-3-7-19(18)24-16-10-8-15(9-11-16)17-5-4-12-22-13-14-25-21-20(17)22/h2-12H,13-14H2,1H3. The number of methoxy groups -OCH3 is 1. The lowest BCUT2D eigenvalue weighted by atomic mass is 10.0. The van der Waals surface area contributed by atoms with Crippen LogP contribution >= 0.6 is 11.9 Å². The van der Waals surface area contributed by atoms with E-state index in [2.05, 4.69) is 39.8 Å². The summed E-state index contributed by atoms with van der Waals surface area (Å²) in [5.41, 5.74) is 2.27. The van der Waals surface area contributed by atoms with Gasteiger partial charge in [0.15, 0.2) is 11.5 Å². The molecule has 25 heavy (non-hydrogen) atoms. The third-order valence-electron chi connectivity index (χ3n) is 4.08. The number of benzene rings is 2. The van der Waals surface area contributed by atoms with Gasteiger partial charge >= 0.3 is 0 Å². The van der Waals surface area contributed by atoms with Crippen molar-refractivity contribution < 1.29 is 9.47 Å². The molecule has 0 bridgehead atoms. The molecule has 0 aromatic heterocycles. The van der Waals surface area contributed by atoms with Gasteiger partial charge in [-0.3, -0.25) is 0 Å². The summed E-state index contributed by atoms with van der Waals surface area (Å²) in [6.07, 6.45) is 6.27. The number of hydrogen-bond donors (Lipinski definition) is 0. The zero-order valence-corrected chi connectivity index (χ0v) is 14.7. The first-order valence-electron chi connectivity index (χ1n) is 8.12. The molecule has 0 aliphatic carbocycles. The van der Waals surface area contributed by atoms with Crippen molar-refractivity contribution in [2.24, 2.45) is 4.40 Å². The van der Waals surface area contributed by atoms with Gasteiger partial charge in [-0.15, -0.1) is 0 Å². The first-order chi connectivity index (χ1) is 12.3. The predicted molar refractivity (Wildman–Crippen MR) is 103 cm³/mol. The first-order valence-corrected chi connectivity index (χ1v) is 9.06. The minimum Gasteiger partial charge on any atom is -0.493 e. The molecule has 2 aromatic rings. The summed E-state index contributed by atoms with van der Waals surface area (Å²) in [4.78, 5) is 2.20. The third-order valence-corrected chi connectivity index (χ3v) is 4.75. The predicted octanol–water partition coefficient (Wildman–Crippen LogP) is 4.76. The molecule has 0 unspecified atom stereocenters. The van der Waals surface area contributed by atoms with Gasteiger partial charge in [-0.05, 0) is 53.9 Å². The smallest absolute Gasteiger partial charge is 0.169 e. The number of fused-ring (bicyclic) bond motifs is 1. The number of ether oxygens (including phenoxy) is 2. The fraction of sp³-hybridized carbons (Fsp3) is 0.150. The van der Waals surface area contributed by atoms with Crippen LogP contribution in [0.25, 0.3) is 5.57 Å². The second-order valence-electron chi connectivity index (χ2n) is 5.64. The quantitative estimate of drug-likeness (QED) is 0.745. The Morgan fingerprint density at radius 2 is 1.84 bits per heavy atom. The summed E-state index contributed by atoms with van der Waals surface area (Å²) in [7, 11) is 1.64. The van der Waals surface area contributed by atoms with Gasteiger partial charge in [-0.2, -0.15) is 4.40 Å². The average Bonchev–Trinajstić information content (AvgIpc) is 2.69. The Morgan fingerprint density at radius 3 is 2.64 bits per heavy atom.